The van der Waals surface area contributed by atoms with Gasteiger partial charge in [-0.15, -0.1) is 0 Å². The van der Waals surface area contributed by atoms with Crippen LogP contribution in [0.1, 0.15) is 0 Å². The molecular weight excluding hydrogens is 374 g/mol. The molecule has 2 aromatic carbocycles. The summed E-state index contributed by atoms with van der Waals surface area (Å²) in [6, 6.07) is 10.8. The SMILES string of the molecule is COc1cc([N+](=O)[O-])ccc1NC(=O)COc1ccc(Cl)c2cccnc12. The number of carbonyl (C=O) groups excluding carboxylic acids is 1. The average Bonchev–Trinajstić information content (AvgIpc) is 2.68. The number of nitro groups is 1. The van der Waals surface area contributed by atoms with Crippen LogP contribution in [0, 0.1) is 10.1 Å². The number of benzene rings is 2. The lowest BCUT2D eigenvalue weighted by molar-refractivity contribution is -0.384. The zero-order valence-corrected chi connectivity index (χ0v) is 14.9. The van der Waals surface area contributed by atoms with Crippen molar-refractivity contribution in [3.8, 4) is 11.5 Å². The second-order valence-corrected chi connectivity index (χ2v) is 5.83. The molecule has 0 saturated carbocycles. The number of nitrogens with zero attached hydrogens (tertiary/aromatic N) is 2. The summed E-state index contributed by atoms with van der Waals surface area (Å²) in [5.41, 5.74) is 0.710. The number of methoxy groups -OCH3 is 1. The number of hydrogen-bond donors (Lipinski definition) is 1. The second kappa shape index (κ2) is 7.88. The Balaban J connectivity index is 1.72. The van der Waals surface area contributed by atoms with Crippen LogP contribution in [-0.4, -0.2) is 29.5 Å². The van der Waals surface area contributed by atoms with Gasteiger partial charge in [-0.1, -0.05) is 11.6 Å². The van der Waals surface area contributed by atoms with E-state index in [0.717, 1.165) is 0 Å². The van der Waals surface area contributed by atoms with E-state index in [0.29, 0.717) is 27.4 Å². The van der Waals surface area contributed by atoms with Crippen LogP contribution in [-0.2, 0) is 4.79 Å². The zero-order valence-electron chi connectivity index (χ0n) is 14.1. The Morgan fingerprint density at radius 1 is 1.26 bits per heavy atom. The number of halogens is 1. The van der Waals surface area contributed by atoms with Crippen molar-refractivity contribution < 1.29 is 19.2 Å². The van der Waals surface area contributed by atoms with Crippen LogP contribution in [0.3, 0.4) is 0 Å². The minimum Gasteiger partial charge on any atom is -0.494 e. The van der Waals surface area contributed by atoms with Gasteiger partial charge in [-0.05, 0) is 30.3 Å². The molecule has 0 unspecified atom stereocenters. The molecule has 1 aromatic heterocycles. The number of amides is 1. The molecule has 0 aliphatic rings. The number of nitrogens with one attached hydrogen (secondary N) is 1. The van der Waals surface area contributed by atoms with Crippen LogP contribution in [0.2, 0.25) is 5.02 Å². The van der Waals surface area contributed by atoms with Crippen LogP contribution in [0.25, 0.3) is 10.9 Å². The molecule has 0 fully saturated rings. The van der Waals surface area contributed by atoms with E-state index in [4.69, 9.17) is 21.1 Å². The summed E-state index contributed by atoms with van der Waals surface area (Å²) in [6.07, 6.45) is 1.60. The van der Waals surface area contributed by atoms with Crippen LogP contribution in [0.4, 0.5) is 11.4 Å². The maximum absolute atomic E-state index is 12.2. The molecule has 9 heteroatoms. The molecule has 0 atom stereocenters. The van der Waals surface area contributed by atoms with Gasteiger partial charge in [0.1, 0.15) is 17.0 Å². The van der Waals surface area contributed by atoms with Gasteiger partial charge in [0, 0.05) is 17.6 Å². The topological polar surface area (TPSA) is 104 Å². The normalized spacial score (nSPS) is 10.4. The molecule has 27 heavy (non-hydrogen) atoms. The Morgan fingerprint density at radius 3 is 2.81 bits per heavy atom. The van der Waals surface area contributed by atoms with Gasteiger partial charge in [-0.2, -0.15) is 0 Å². The largest absolute Gasteiger partial charge is 0.494 e. The minimum atomic E-state index is -0.546. The Hall–Kier alpha value is -3.39. The number of pyridine rings is 1. The van der Waals surface area contributed by atoms with E-state index in [1.165, 1.54) is 25.3 Å². The molecule has 1 N–H and O–H groups in total. The third-order valence-electron chi connectivity index (χ3n) is 3.71. The first-order valence-corrected chi connectivity index (χ1v) is 8.15. The second-order valence-electron chi connectivity index (χ2n) is 5.42. The van der Waals surface area contributed by atoms with E-state index in [2.05, 4.69) is 10.3 Å². The lowest BCUT2D eigenvalue weighted by atomic mass is 10.2. The number of rotatable bonds is 6. The van der Waals surface area contributed by atoms with E-state index in [1.54, 1.807) is 30.5 Å². The van der Waals surface area contributed by atoms with Crippen molar-refractivity contribution >= 4 is 39.8 Å². The van der Waals surface area contributed by atoms with Crippen LogP contribution >= 0.6 is 11.6 Å². The van der Waals surface area contributed by atoms with Gasteiger partial charge < -0.3 is 14.8 Å². The highest BCUT2D eigenvalue weighted by Crippen LogP contribution is 2.30. The molecule has 1 amide bonds. The van der Waals surface area contributed by atoms with Crippen molar-refractivity contribution in [2.45, 2.75) is 0 Å². The van der Waals surface area contributed by atoms with Crippen molar-refractivity contribution in [3.63, 3.8) is 0 Å². The van der Waals surface area contributed by atoms with Gasteiger partial charge in [0.25, 0.3) is 11.6 Å². The van der Waals surface area contributed by atoms with Gasteiger partial charge in [0.2, 0.25) is 0 Å². The number of fused-ring (bicyclic) bond motifs is 1. The highest BCUT2D eigenvalue weighted by atomic mass is 35.5. The number of nitro benzene ring substituents is 1. The van der Waals surface area contributed by atoms with Crippen molar-refractivity contribution in [3.05, 3.63) is 63.8 Å². The Bertz CT molecular complexity index is 1030. The maximum atomic E-state index is 12.2. The maximum Gasteiger partial charge on any atom is 0.273 e. The number of hydrogen-bond acceptors (Lipinski definition) is 6. The van der Waals surface area contributed by atoms with E-state index < -0.39 is 10.8 Å². The highest BCUT2D eigenvalue weighted by Gasteiger charge is 2.14. The molecule has 0 bridgehead atoms. The molecule has 1 heterocycles. The number of aromatic nitrogens is 1. The van der Waals surface area contributed by atoms with E-state index in [9.17, 15) is 14.9 Å². The van der Waals surface area contributed by atoms with E-state index in [-0.39, 0.29) is 18.0 Å². The molecular formula is C18H14ClN3O5. The molecule has 0 aliphatic heterocycles. The molecule has 0 radical (unpaired) electrons. The van der Waals surface area contributed by atoms with Gasteiger partial charge >= 0.3 is 0 Å². The summed E-state index contributed by atoms with van der Waals surface area (Å²) in [5, 5.41) is 14.7. The molecule has 8 nitrogen and oxygen atoms in total. The third kappa shape index (κ3) is 4.06. The van der Waals surface area contributed by atoms with Crippen LogP contribution in [0.15, 0.2) is 48.7 Å². The Kier molecular flexibility index (Phi) is 5.37. The van der Waals surface area contributed by atoms with Crippen LogP contribution in [0.5, 0.6) is 11.5 Å². The highest BCUT2D eigenvalue weighted by molar-refractivity contribution is 6.35. The van der Waals surface area contributed by atoms with Crippen molar-refractivity contribution in [1.29, 1.82) is 0 Å². The van der Waals surface area contributed by atoms with Gasteiger partial charge in [-0.3, -0.25) is 19.9 Å². The van der Waals surface area contributed by atoms with E-state index in [1.807, 2.05) is 0 Å². The predicted molar refractivity (Wildman–Crippen MR) is 101 cm³/mol. The monoisotopic (exact) mass is 387 g/mol. The fraction of sp³-hybridized carbons (Fsp3) is 0.111. The fourth-order valence-corrected chi connectivity index (χ4v) is 2.67. The first-order valence-electron chi connectivity index (χ1n) is 7.78. The molecule has 0 spiro atoms. The van der Waals surface area contributed by atoms with Gasteiger partial charge in [-0.25, -0.2) is 0 Å². The molecule has 3 rings (SSSR count). The van der Waals surface area contributed by atoms with Crippen molar-refractivity contribution in [1.82, 2.24) is 4.98 Å². The standard InChI is InChI=1S/C18H14ClN3O5/c1-26-16-9-11(22(24)25)4-6-14(16)21-17(23)10-27-15-7-5-13(19)12-3-2-8-20-18(12)15/h2-9H,10H2,1H3,(H,21,23). The quantitative estimate of drug-likeness (QED) is 0.509. The first kappa shape index (κ1) is 18.4. The first-order chi connectivity index (χ1) is 13.0. The van der Waals surface area contributed by atoms with Crippen LogP contribution < -0.4 is 14.8 Å². The summed E-state index contributed by atoms with van der Waals surface area (Å²) in [6.45, 7) is -0.284. The number of non-ortho nitro benzene ring substituents is 1. The average molecular weight is 388 g/mol. The van der Waals surface area contributed by atoms with Gasteiger partial charge in [0.15, 0.2) is 6.61 Å². The van der Waals surface area contributed by atoms with Gasteiger partial charge in [0.05, 0.1) is 28.8 Å². The number of ether oxygens (including phenoxy) is 2. The molecule has 0 aliphatic carbocycles. The van der Waals surface area contributed by atoms with E-state index >= 15 is 0 Å². The number of anilines is 1. The predicted octanol–water partition coefficient (Wildman–Crippen LogP) is 3.82. The lowest BCUT2D eigenvalue weighted by Crippen LogP contribution is -2.20. The summed E-state index contributed by atoms with van der Waals surface area (Å²) in [7, 11) is 1.36. The summed E-state index contributed by atoms with van der Waals surface area (Å²) < 4.78 is 10.6. The molecule has 3 aromatic rings. The minimum absolute atomic E-state index is 0.139. The summed E-state index contributed by atoms with van der Waals surface area (Å²) >= 11 is 6.13. The van der Waals surface area contributed by atoms with Crippen molar-refractivity contribution in [2.75, 3.05) is 19.0 Å². The molecule has 138 valence electrons. The smallest absolute Gasteiger partial charge is 0.273 e. The lowest BCUT2D eigenvalue weighted by Gasteiger charge is -2.12. The zero-order chi connectivity index (χ0) is 19.4. The van der Waals surface area contributed by atoms with Crippen molar-refractivity contribution in [2.24, 2.45) is 0 Å². The summed E-state index contributed by atoms with van der Waals surface area (Å²) in [4.78, 5) is 26.7. The fourth-order valence-electron chi connectivity index (χ4n) is 2.45. The molecule has 0 saturated heterocycles. The Morgan fingerprint density at radius 2 is 2.07 bits per heavy atom. The third-order valence-corrected chi connectivity index (χ3v) is 4.04. The summed E-state index contributed by atoms with van der Waals surface area (Å²) in [5.74, 6) is 0.137. The number of carbonyl (C=O) groups is 1. The Labute approximate surface area is 158 Å².